The minimum Gasteiger partial charge on any atom is -0.465 e. The number of rotatable bonds is 4. The molecule has 0 aliphatic rings. The number of hydrogen-bond acceptors (Lipinski definition) is 3. The van der Waals surface area contributed by atoms with E-state index >= 15 is 0 Å². The molecule has 21 heavy (non-hydrogen) atoms. The molecule has 0 saturated carbocycles. The molecule has 0 saturated heterocycles. The SMILES string of the molecule is COC(=O)c1ccc(SCc2cccc(C)c2C)c(C)c1. The van der Waals surface area contributed by atoms with Crippen molar-refractivity contribution < 1.29 is 9.53 Å². The minimum atomic E-state index is -0.288. The first kappa shape index (κ1) is 15.6. The van der Waals surface area contributed by atoms with Gasteiger partial charge in [0.2, 0.25) is 0 Å². The molecule has 0 heterocycles. The van der Waals surface area contributed by atoms with Crippen LogP contribution in [0.4, 0.5) is 0 Å². The Balaban J connectivity index is 2.13. The third kappa shape index (κ3) is 3.67. The summed E-state index contributed by atoms with van der Waals surface area (Å²) in [5.74, 6) is 0.649. The number of benzene rings is 2. The molecule has 0 fully saturated rings. The van der Waals surface area contributed by atoms with Gasteiger partial charge in [-0.15, -0.1) is 11.8 Å². The predicted molar refractivity (Wildman–Crippen MR) is 88.0 cm³/mol. The van der Waals surface area contributed by atoms with Crippen molar-refractivity contribution >= 4 is 17.7 Å². The summed E-state index contributed by atoms with van der Waals surface area (Å²) < 4.78 is 4.74. The van der Waals surface area contributed by atoms with Gasteiger partial charge in [-0.2, -0.15) is 0 Å². The lowest BCUT2D eigenvalue weighted by Crippen LogP contribution is -2.01. The summed E-state index contributed by atoms with van der Waals surface area (Å²) in [6.07, 6.45) is 0. The fourth-order valence-corrected chi connectivity index (χ4v) is 3.25. The molecule has 0 N–H and O–H groups in total. The molecule has 2 aromatic rings. The zero-order valence-electron chi connectivity index (χ0n) is 12.9. The molecule has 2 nitrogen and oxygen atoms in total. The van der Waals surface area contributed by atoms with E-state index in [4.69, 9.17) is 4.74 Å². The average molecular weight is 300 g/mol. The van der Waals surface area contributed by atoms with Crippen molar-refractivity contribution in [3.8, 4) is 0 Å². The molecule has 0 atom stereocenters. The molecule has 0 amide bonds. The molecule has 2 aromatic carbocycles. The van der Waals surface area contributed by atoms with Gasteiger partial charge < -0.3 is 4.74 Å². The number of carbonyl (C=O) groups excluding carboxylic acids is 1. The summed E-state index contributed by atoms with van der Waals surface area (Å²) >= 11 is 1.80. The van der Waals surface area contributed by atoms with Crippen LogP contribution >= 0.6 is 11.8 Å². The van der Waals surface area contributed by atoms with E-state index in [1.54, 1.807) is 11.8 Å². The first-order valence-electron chi connectivity index (χ1n) is 6.89. The lowest BCUT2D eigenvalue weighted by atomic mass is 10.1. The van der Waals surface area contributed by atoms with Crippen LogP contribution in [-0.4, -0.2) is 13.1 Å². The van der Waals surface area contributed by atoms with Gasteiger partial charge in [-0.25, -0.2) is 4.79 Å². The fraction of sp³-hybridized carbons (Fsp3) is 0.278. The molecule has 0 unspecified atom stereocenters. The van der Waals surface area contributed by atoms with Crippen molar-refractivity contribution in [3.05, 3.63) is 64.2 Å². The third-order valence-electron chi connectivity index (χ3n) is 3.70. The van der Waals surface area contributed by atoms with Gasteiger partial charge in [0, 0.05) is 10.6 Å². The van der Waals surface area contributed by atoms with E-state index in [9.17, 15) is 4.79 Å². The van der Waals surface area contributed by atoms with Gasteiger partial charge in [0.1, 0.15) is 0 Å². The van der Waals surface area contributed by atoms with Gasteiger partial charge in [0.05, 0.1) is 12.7 Å². The third-order valence-corrected chi connectivity index (χ3v) is 4.92. The standard InChI is InChI=1S/C18H20O2S/c1-12-6-5-7-16(14(12)3)11-21-17-9-8-15(10-13(17)2)18(19)20-4/h5-10H,11H2,1-4H3. The summed E-state index contributed by atoms with van der Waals surface area (Å²) in [6.45, 7) is 6.33. The largest absolute Gasteiger partial charge is 0.465 e. The van der Waals surface area contributed by atoms with Crippen LogP contribution in [0.15, 0.2) is 41.3 Å². The summed E-state index contributed by atoms with van der Waals surface area (Å²) in [5.41, 5.74) is 5.75. The van der Waals surface area contributed by atoms with Crippen molar-refractivity contribution in [3.63, 3.8) is 0 Å². The quantitative estimate of drug-likeness (QED) is 0.605. The van der Waals surface area contributed by atoms with Gasteiger partial charge in [-0.1, -0.05) is 18.2 Å². The number of thioether (sulfide) groups is 1. The van der Waals surface area contributed by atoms with E-state index in [-0.39, 0.29) is 5.97 Å². The van der Waals surface area contributed by atoms with Gasteiger partial charge in [0.25, 0.3) is 0 Å². The van der Waals surface area contributed by atoms with Crippen LogP contribution in [-0.2, 0) is 10.5 Å². The lowest BCUT2D eigenvalue weighted by Gasteiger charge is -2.10. The maximum atomic E-state index is 11.5. The molecular weight excluding hydrogens is 280 g/mol. The Morgan fingerprint density at radius 3 is 2.52 bits per heavy atom. The normalized spacial score (nSPS) is 10.5. The number of carbonyl (C=O) groups is 1. The van der Waals surface area contributed by atoms with Crippen molar-refractivity contribution in [2.45, 2.75) is 31.4 Å². The van der Waals surface area contributed by atoms with Crippen molar-refractivity contribution in [2.75, 3.05) is 7.11 Å². The molecule has 110 valence electrons. The second kappa shape index (κ2) is 6.81. The smallest absolute Gasteiger partial charge is 0.337 e. The van der Waals surface area contributed by atoms with E-state index in [1.165, 1.54) is 28.7 Å². The highest BCUT2D eigenvalue weighted by Gasteiger charge is 2.08. The second-order valence-electron chi connectivity index (χ2n) is 5.12. The molecule has 0 aliphatic carbocycles. The van der Waals surface area contributed by atoms with E-state index in [0.29, 0.717) is 5.56 Å². The summed E-state index contributed by atoms with van der Waals surface area (Å²) in [6, 6.07) is 12.1. The zero-order valence-corrected chi connectivity index (χ0v) is 13.7. The summed E-state index contributed by atoms with van der Waals surface area (Å²) in [7, 11) is 1.40. The van der Waals surface area contributed by atoms with E-state index in [0.717, 1.165) is 11.3 Å². The first-order valence-corrected chi connectivity index (χ1v) is 7.88. The molecule has 0 spiro atoms. The van der Waals surface area contributed by atoms with Crippen LogP contribution in [0.2, 0.25) is 0 Å². The molecular formula is C18H20O2S. The molecule has 2 rings (SSSR count). The Morgan fingerprint density at radius 1 is 1.10 bits per heavy atom. The van der Waals surface area contributed by atoms with E-state index < -0.39 is 0 Å². The van der Waals surface area contributed by atoms with Crippen LogP contribution in [0, 0.1) is 20.8 Å². The Hall–Kier alpha value is -1.74. The van der Waals surface area contributed by atoms with Crippen LogP contribution in [0.5, 0.6) is 0 Å². The maximum absolute atomic E-state index is 11.5. The monoisotopic (exact) mass is 300 g/mol. The fourth-order valence-electron chi connectivity index (χ4n) is 2.18. The number of hydrogen-bond donors (Lipinski definition) is 0. The Kier molecular flexibility index (Phi) is 5.07. The second-order valence-corrected chi connectivity index (χ2v) is 6.14. The predicted octanol–water partition coefficient (Wildman–Crippen LogP) is 4.69. The highest BCUT2D eigenvalue weighted by atomic mass is 32.2. The number of aryl methyl sites for hydroxylation is 2. The maximum Gasteiger partial charge on any atom is 0.337 e. The number of methoxy groups -OCH3 is 1. The van der Waals surface area contributed by atoms with Gasteiger partial charge in [-0.05, 0) is 61.2 Å². The van der Waals surface area contributed by atoms with Gasteiger partial charge in [0.15, 0.2) is 0 Å². The summed E-state index contributed by atoms with van der Waals surface area (Å²) in [4.78, 5) is 12.7. The molecule has 0 bridgehead atoms. The van der Waals surface area contributed by atoms with Crippen molar-refractivity contribution in [2.24, 2.45) is 0 Å². The number of esters is 1. The Morgan fingerprint density at radius 2 is 1.86 bits per heavy atom. The van der Waals surface area contributed by atoms with Gasteiger partial charge in [-0.3, -0.25) is 0 Å². The van der Waals surface area contributed by atoms with E-state index in [1.807, 2.05) is 25.1 Å². The van der Waals surface area contributed by atoms with Crippen molar-refractivity contribution in [1.82, 2.24) is 0 Å². The summed E-state index contributed by atoms with van der Waals surface area (Å²) in [5, 5.41) is 0. The van der Waals surface area contributed by atoms with Crippen LogP contribution in [0.3, 0.4) is 0 Å². The van der Waals surface area contributed by atoms with Crippen LogP contribution in [0.25, 0.3) is 0 Å². The topological polar surface area (TPSA) is 26.3 Å². The molecule has 0 aliphatic heterocycles. The Labute approximate surface area is 130 Å². The molecule has 3 heteroatoms. The number of ether oxygens (including phenoxy) is 1. The highest BCUT2D eigenvalue weighted by molar-refractivity contribution is 7.98. The highest BCUT2D eigenvalue weighted by Crippen LogP contribution is 2.28. The van der Waals surface area contributed by atoms with Crippen molar-refractivity contribution in [1.29, 1.82) is 0 Å². The first-order chi connectivity index (χ1) is 10.0. The molecule has 0 aromatic heterocycles. The lowest BCUT2D eigenvalue weighted by molar-refractivity contribution is 0.0600. The molecule has 0 radical (unpaired) electrons. The zero-order chi connectivity index (χ0) is 15.4. The van der Waals surface area contributed by atoms with Crippen LogP contribution in [0.1, 0.15) is 32.6 Å². The average Bonchev–Trinajstić information content (AvgIpc) is 2.49. The van der Waals surface area contributed by atoms with E-state index in [2.05, 4.69) is 32.0 Å². The van der Waals surface area contributed by atoms with Gasteiger partial charge >= 0.3 is 5.97 Å². The minimum absolute atomic E-state index is 0.288. The Bertz CT molecular complexity index is 662. The van der Waals surface area contributed by atoms with Crippen LogP contribution < -0.4 is 0 Å².